The van der Waals surface area contributed by atoms with Gasteiger partial charge in [-0.05, 0) is 12.1 Å². The van der Waals surface area contributed by atoms with Crippen LogP contribution in [0, 0.1) is 0 Å². The normalized spacial score (nSPS) is 17.0. The highest BCUT2D eigenvalue weighted by Crippen LogP contribution is 2.38. The molecule has 3 aromatic heterocycles. The zero-order valence-corrected chi connectivity index (χ0v) is 14.7. The fraction of sp³-hybridized carbons (Fsp3) is 0.176. The van der Waals surface area contributed by atoms with Crippen LogP contribution in [0.3, 0.4) is 0 Å². The molecule has 4 aromatic rings. The molecule has 0 radical (unpaired) electrons. The summed E-state index contributed by atoms with van der Waals surface area (Å²) in [6.07, 6.45) is 4.09. The van der Waals surface area contributed by atoms with Gasteiger partial charge in [0.05, 0.1) is 33.9 Å². The highest BCUT2D eigenvalue weighted by atomic mass is 32.1. The van der Waals surface area contributed by atoms with Gasteiger partial charge in [0, 0.05) is 18.7 Å². The van der Waals surface area contributed by atoms with Crippen molar-refractivity contribution in [2.45, 2.75) is 12.5 Å². The Kier molecular flexibility index (Phi) is 3.39. The van der Waals surface area contributed by atoms with Crippen LogP contribution in [-0.2, 0) is 6.42 Å². The van der Waals surface area contributed by atoms with Crippen molar-refractivity contribution in [1.82, 2.24) is 24.8 Å². The van der Waals surface area contributed by atoms with Gasteiger partial charge in [0.25, 0.3) is 5.91 Å². The number of amides is 1. The van der Waals surface area contributed by atoms with Crippen LogP contribution >= 0.6 is 22.7 Å². The minimum absolute atomic E-state index is 0.0135. The molecule has 0 unspecified atom stereocenters. The molecule has 1 aliphatic rings. The average molecular weight is 367 g/mol. The molecule has 1 atom stereocenters. The molecule has 1 amide bonds. The minimum atomic E-state index is -0.262. The Balaban J connectivity index is 1.64. The van der Waals surface area contributed by atoms with Gasteiger partial charge in [-0.1, -0.05) is 12.1 Å². The monoisotopic (exact) mass is 367 g/mol. The number of para-hydroxylation sites is 1. The number of aromatic amines is 1. The number of imidazole rings is 1. The van der Waals surface area contributed by atoms with Crippen molar-refractivity contribution in [3.8, 4) is 0 Å². The number of nitrogens with zero attached hydrogens (tertiary/aromatic N) is 4. The van der Waals surface area contributed by atoms with E-state index < -0.39 is 0 Å². The van der Waals surface area contributed by atoms with E-state index in [9.17, 15) is 4.79 Å². The lowest BCUT2D eigenvalue weighted by Crippen LogP contribution is -2.40. The fourth-order valence-corrected chi connectivity index (χ4v) is 4.88. The van der Waals surface area contributed by atoms with Crippen LogP contribution in [-0.4, -0.2) is 37.3 Å². The number of nitrogens with one attached hydrogen (secondary N) is 1. The maximum atomic E-state index is 13.0. The molecule has 0 aliphatic carbocycles. The SMILES string of the molecule is O=C(c1cncs1)N1CCc2[nH]cnc2[C@H]1c1nc2ccccc2s1. The van der Waals surface area contributed by atoms with E-state index in [4.69, 9.17) is 4.98 Å². The first-order valence-corrected chi connectivity index (χ1v) is 9.58. The predicted octanol–water partition coefficient (Wildman–Crippen LogP) is 3.26. The summed E-state index contributed by atoms with van der Waals surface area (Å²) in [5.41, 5.74) is 4.61. The summed E-state index contributed by atoms with van der Waals surface area (Å²) < 4.78 is 1.12. The van der Waals surface area contributed by atoms with Crippen LogP contribution in [0.15, 0.2) is 42.3 Å². The van der Waals surface area contributed by atoms with Gasteiger partial charge in [-0.25, -0.2) is 9.97 Å². The summed E-state index contributed by atoms with van der Waals surface area (Å²) in [5, 5.41) is 0.895. The third-order valence-corrected chi connectivity index (χ3v) is 6.22. The predicted molar refractivity (Wildman–Crippen MR) is 96.9 cm³/mol. The van der Waals surface area contributed by atoms with Gasteiger partial charge in [0.1, 0.15) is 15.9 Å². The van der Waals surface area contributed by atoms with Crippen molar-refractivity contribution in [3.05, 3.63) is 63.6 Å². The third kappa shape index (κ3) is 2.37. The highest BCUT2D eigenvalue weighted by molar-refractivity contribution is 7.18. The van der Waals surface area contributed by atoms with E-state index in [0.29, 0.717) is 11.4 Å². The zero-order chi connectivity index (χ0) is 16.8. The van der Waals surface area contributed by atoms with E-state index in [1.165, 1.54) is 11.3 Å². The molecular weight excluding hydrogens is 354 g/mol. The summed E-state index contributed by atoms with van der Waals surface area (Å²) in [4.78, 5) is 32.1. The topological polar surface area (TPSA) is 74.8 Å². The molecule has 0 bridgehead atoms. The summed E-state index contributed by atoms with van der Waals surface area (Å²) in [6.45, 7) is 0.631. The second-order valence-corrected chi connectivity index (χ2v) is 7.75. The highest BCUT2D eigenvalue weighted by Gasteiger charge is 2.36. The van der Waals surface area contributed by atoms with Crippen molar-refractivity contribution in [2.24, 2.45) is 0 Å². The second kappa shape index (κ2) is 5.75. The Hall–Kier alpha value is -2.58. The maximum Gasteiger partial charge on any atom is 0.266 e. The molecule has 1 aromatic carbocycles. The van der Waals surface area contributed by atoms with Gasteiger partial charge in [0.2, 0.25) is 0 Å². The first kappa shape index (κ1) is 14.7. The number of carbonyl (C=O) groups is 1. The van der Waals surface area contributed by atoms with Crippen molar-refractivity contribution in [3.63, 3.8) is 0 Å². The summed E-state index contributed by atoms with van der Waals surface area (Å²) in [6, 6.07) is 7.78. The number of aromatic nitrogens is 4. The molecule has 1 N–H and O–H groups in total. The second-order valence-electron chi connectivity index (χ2n) is 5.80. The van der Waals surface area contributed by atoms with Gasteiger partial charge in [-0.3, -0.25) is 9.78 Å². The zero-order valence-electron chi connectivity index (χ0n) is 13.0. The Morgan fingerprint density at radius 2 is 2.24 bits per heavy atom. The summed E-state index contributed by atoms with van der Waals surface area (Å²) >= 11 is 2.98. The van der Waals surface area contributed by atoms with Crippen LogP contribution in [0.4, 0.5) is 0 Å². The quantitative estimate of drug-likeness (QED) is 0.590. The first-order chi connectivity index (χ1) is 12.3. The number of rotatable bonds is 2. The molecule has 4 heterocycles. The number of hydrogen-bond donors (Lipinski definition) is 1. The average Bonchev–Trinajstić information content (AvgIpc) is 3.39. The molecular formula is C17H13N5OS2. The lowest BCUT2D eigenvalue weighted by Gasteiger charge is -2.33. The van der Waals surface area contributed by atoms with Crippen LogP contribution < -0.4 is 0 Å². The van der Waals surface area contributed by atoms with E-state index in [-0.39, 0.29) is 11.9 Å². The van der Waals surface area contributed by atoms with Crippen LogP contribution in [0.25, 0.3) is 10.2 Å². The molecule has 25 heavy (non-hydrogen) atoms. The summed E-state index contributed by atoms with van der Waals surface area (Å²) in [5.74, 6) is -0.0135. The number of thiazole rings is 2. The molecule has 0 saturated carbocycles. The number of hydrogen-bond acceptors (Lipinski definition) is 6. The Labute approximate surface area is 151 Å². The Bertz CT molecular complexity index is 1020. The van der Waals surface area contributed by atoms with E-state index in [1.54, 1.807) is 29.4 Å². The van der Waals surface area contributed by atoms with Crippen LogP contribution in [0.1, 0.15) is 32.1 Å². The number of fused-ring (bicyclic) bond motifs is 2. The molecule has 0 fully saturated rings. The van der Waals surface area contributed by atoms with E-state index in [0.717, 1.165) is 33.0 Å². The lowest BCUT2D eigenvalue weighted by atomic mass is 10.0. The van der Waals surface area contributed by atoms with Gasteiger partial charge in [-0.2, -0.15) is 0 Å². The lowest BCUT2D eigenvalue weighted by molar-refractivity contribution is 0.0695. The molecule has 8 heteroatoms. The molecule has 0 spiro atoms. The van der Waals surface area contributed by atoms with Crippen LogP contribution in [0.5, 0.6) is 0 Å². The van der Waals surface area contributed by atoms with Crippen molar-refractivity contribution < 1.29 is 4.79 Å². The van der Waals surface area contributed by atoms with Gasteiger partial charge in [0.15, 0.2) is 0 Å². The molecule has 1 aliphatic heterocycles. The van der Waals surface area contributed by atoms with Crippen molar-refractivity contribution in [2.75, 3.05) is 6.54 Å². The molecule has 124 valence electrons. The molecule has 5 rings (SSSR count). The first-order valence-electron chi connectivity index (χ1n) is 7.88. The Morgan fingerprint density at radius 3 is 3.08 bits per heavy atom. The van der Waals surface area contributed by atoms with Crippen LogP contribution in [0.2, 0.25) is 0 Å². The van der Waals surface area contributed by atoms with Gasteiger partial charge < -0.3 is 9.88 Å². The fourth-order valence-electron chi connectivity index (χ4n) is 3.22. The number of carbonyl (C=O) groups excluding carboxylic acids is 1. The molecule has 6 nitrogen and oxygen atoms in total. The number of benzene rings is 1. The minimum Gasteiger partial charge on any atom is -0.348 e. The van der Waals surface area contributed by atoms with E-state index in [1.807, 2.05) is 23.1 Å². The maximum absolute atomic E-state index is 13.0. The van der Waals surface area contributed by atoms with E-state index >= 15 is 0 Å². The number of H-pyrrole nitrogens is 1. The smallest absolute Gasteiger partial charge is 0.266 e. The third-order valence-electron chi connectivity index (χ3n) is 4.37. The van der Waals surface area contributed by atoms with E-state index in [2.05, 4.69) is 21.0 Å². The van der Waals surface area contributed by atoms with Gasteiger partial charge in [-0.15, -0.1) is 22.7 Å². The van der Waals surface area contributed by atoms with Crippen molar-refractivity contribution in [1.29, 1.82) is 0 Å². The largest absolute Gasteiger partial charge is 0.348 e. The van der Waals surface area contributed by atoms with Crippen molar-refractivity contribution >= 4 is 38.8 Å². The Morgan fingerprint density at radius 1 is 1.32 bits per heavy atom. The molecule has 0 saturated heterocycles. The summed E-state index contributed by atoms with van der Waals surface area (Å²) in [7, 11) is 0. The van der Waals surface area contributed by atoms with Gasteiger partial charge >= 0.3 is 0 Å². The standard InChI is InChI=1S/C17H13N5OS2/c23-17(13-7-18-9-24-13)22-6-5-11-14(20-8-19-11)15(22)16-21-10-3-1-2-4-12(10)25-16/h1-4,7-9,15H,5-6H2,(H,19,20)/t15-/m0/s1.